The predicted molar refractivity (Wildman–Crippen MR) is 139 cm³/mol. The minimum atomic E-state index is -2.57. The molecule has 0 unspecified atom stereocenters. The van der Waals surface area contributed by atoms with E-state index in [4.69, 9.17) is 4.52 Å². The van der Waals surface area contributed by atoms with Crippen LogP contribution in [0, 0.1) is 0 Å². The van der Waals surface area contributed by atoms with Crippen LogP contribution in [0.4, 0.5) is 0 Å². The molecule has 0 saturated heterocycles. The standard InChI is InChI=1S/C24H51O2PS2/c1-4-7-10-13-16-19-22-26-27(25,28-23-20-17-14-11-8-5-2)29-24-21-18-15-12-9-6-3/h4-24H2,1-3H3. The average Bonchev–Trinajstić information content (AvgIpc) is 2.72. The van der Waals surface area contributed by atoms with Crippen LogP contribution in [0.15, 0.2) is 0 Å². The molecule has 0 aromatic carbocycles. The predicted octanol–water partition coefficient (Wildman–Crippen LogP) is 10.7. The molecule has 0 saturated carbocycles. The van der Waals surface area contributed by atoms with E-state index >= 15 is 0 Å². The van der Waals surface area contributed by atoms with Crippen LogP contribution in [0.2, 0.25) is 0 Å². The second-order valence-electron chi connectivity index (χ2n) is 8.25. The molecule has 0 aliphatic carbocycles. The lowest BCUT2D eigenvalue weighted by Gasteiger charge is -2.17. The summed E-state index contributed by atoms with van der Waals surface area (Å²) >= 11 is 3.26. The Balaban J connectivity index is 4.05. The summed E-state index contributed by atoms with van der Waals surface area (Å²) in [5.41, 5.74) is 0. The Labute approximate surface area is 191 Å². The van der Waals surface area contributed by atoms with Crippen molar-refractivity contribution in [2.45, 2.75) is 136 Å². The van der Waals surface area contributed by atoms with E-state index in [9.17, 15) is 4.57 Å². The summed E-state index contributed by atoms with van der Waals surface area (Å²) in [7, 11) is 0. The molecule has 2 nitrogen and oxygen atoms in total. The Hall–Kier alpha value is 0.890. The molecule has 5 heteroatoms. The normalized spacial score (nSPS) is 12.0. The molecule has 0 atom stereocenters. The van der Waals surface area contributed by atoms with E-state index in [2.05, 4.69) is 20.8 Å². The maximum absolute atomic E-state index is 13.3. The molecule has 0 fully saturated rings. The molecule has 0 radical (unpaired) electrons. The quantitative estimate of drug-likeness (QED) is 0.104. The monoisotopic (exact) mass is 466 g/mol. The summed E-state index contributed by atoms with van der Waals surface area (Å²) in [5, 5.41) is 0. The van der Waals surface area contributed by atoms with Gasteiger partial charge < -0.3 is 4.52 Å². The minimum absolute atomic E-state index is 0.677. The third-order valence-electron chi connectivity index (χ3n) is 5.24. The highest BCUT2D eigenvalue weighted by Crippen LogP contribution is 2.70. The van der Waals surface area contributed by atoms with E-state index in [1.165, 1.54) is 109 Å². The Morgan fingerprint density at radius 3 is 1.28 bits per heavy atom. The first-order valence-electron chi connectivity index (χ1n) is 12.7. The van der Waals surface area contributed by atoms with E-state index in [1.54, 1.807) is 22.8 Å². The van der Waals surface area contributed by atoms with Crippen LogP contribution < -0.4 is 0 Å². The fourth-order valence-corrected chi connectivity index (χ4v) is 10.2. The third-order valence-corrected chi connectivity index (χ3v) is 12.8. The van der Waals surface area contributed by atoms with Crippen LogP contribution >= 0.6 is 28.5 Å². The second kappa shape index (κ2) is 23.6. The maximum Gasteiger partial charge on any atom is 0.313 e. The first-order valence-corrected chi connectivity index (χ1v) is 17.5. The Kier molecular flexibility index (Phi) is 24.3. The number of hydrogen-bond donors (Lipinski definition) is 0. The average molecular weight is 467 g/mol. The van der Waals surface area contributed by atoms with Crippen molar-refractivity contribution in [3.05, 3.63) is 0 Å². The Morgan fingerprint density at radius 1 is 0.517 bits per heavy atom. The van der Waals surface area contributed by atoms with Crippen LogP contribution in [0.1, 0.15) is 136 Å². The molecule has 0 aliphatic rings. The van der Waals surface area contributed by atoms with E-state index in [0.717, 1.165) is 17.9 Å². The lowest BCUT2D eigenvalue weighted by atomic mass is 10.1. The Morgan fingerprint density at radius 2 is 0.862 bits per heavy atom. The van der Waals surface area contributed by atoms with Gasteiger partial charge in [-0.3, -0.25) is 4.57 Å². The van der Waals surface area contributed by atoms with Crippen LogP contribution in [0.25, 0.3) is 0 Å². The number of hydrogen-bond acceptors (Lipinski definition) is 4. The topological polar surface area (TPSA) is 26.3 Å². The van der Waals surface area contributed by atoms with Crippen LogP contribution in [0.3, 0.4) is 0 Å². The highest BCUT2D eigenvalue weighted by molar-refractivity contribution is 8.89. The SMILES string of the molecule is CCCCCCCCOP(=O)(SCCCCCCCC)SCCCCCCCC. The molecule has 29 heavy (non-hydrogen) atoms. The molecule has 0 bridgehead atoms. The maximum atomic E-state index is 13.3. The van der Waals surface area contributed by atoms with Crippen molar-refractivity contribution in [2.75, 3.05) is 18.1 Å². The van der Waals surface area contributed by atoms with E-state index in [-0.39, 0.29) is 0 Å². The molecular weight excluding hydrogens is 415 g/mol. The second-order valence-corrected chi connectivity index (χ2v) is 15.9. The van der Waals surface area contributed by atoms with Crippen molar-refractivity contribution < 1.29 is 9.09 Å². The van der Waals surface area contributed by atoms with Gasteiger partial charge in [-0.2, -0.15) is 0 Å². The van der Waals surface area contributed by atoms with Gasteiger partial charge in [0.2, 0.25) is 0 Å². The molecule has 0 heterocycles. The van der Waals surface area contributed by atoms with Crippen molar-refractivity contribution in [3.63, 3.8) is 0 Å². The van der Waals surface area contributed by atoms with Gasteiger partial charge in [-0.25, -0.2) is 0 Å². The molecule has 0 amide bonds. The minimum Gasteiger partial charge on any atom is -0.314 e. The molecule has 0 N–H and O–H groups in total. The summed E-state index contributed by atoms with van der Waals surface area (Å²) < 4.78 is 19.3. The number of rotatable bonds is 24. The smallest absolute Gasteiger partial charge is 0.313 e. The molecule has 0 spiro atoms. The van der Waals surface area contributed by atoms with Crippen molar-refractivity contribution >= 4 is 28.5 Å². The first kappa shape index (κ1) is 29.9. The highest BCUT2D eigenvalue weighted by Gasteiger charge is 2.24. The van der Waals surface area contributed by atoms with Gasteiger partial charge in [0.25, 0.3) is 0 Å². The van der Waals surface area contributed by atoms with E-state index in [1.807, 2.05) is 0 Å². The summed E-state index contributed by atoms with van der Waals surface area (Å²) in [6, 6.07) is 0. The summed E-state index contributed by atoms with van der Waals surface area (Å²) in [6.45, 7) is 7.44. The highest BCUT2D eigenvalue weighted by atomic mass is 33.1. The molecule has 0 aromatic heterocycles. The van der Waals surface area contributed by atoms with Gasteiger partial charge in [0.1, 0.15) is 0 Å². The van der Waals surface area contributed by atoms with Gasteiger partial charge in [0.05, 0.1) is 6.61 Å². The van der Waals surface area contributed by atoms with Gasteiger partial charge in [0, 0.05) is 11.5 Å². The van der Waals surface area contributed by atoms with Crippen LogP contribution in [-0.2, 0) is 9.09 Å². The summed E-state index contributed by atoms with van der Waals surface area (Å²) in [5.74, 6) is -0.591. The van der Waals surface area contributed by atoms with Crippen molar-refractivity contribution in [3.8, 4) is 0 Å². The summed E-state index contributed by atoms with van der Waals surface area (Å²) in [4.78, 5) is 0. The largest absolute Gasteiger partial charge is 0.314 e. The van der Waals surface area contributed by atoms with Gasteiger partial charge in [-0.15, -0.1) is 0 Å². The first-order chi connectivity index (χ1) is 14.2. The zero-order chi connectivity index (χ0) is 21.5. The van der Waals surface area contributed by atoms with Crippen LogP contribution in [-0.4, -0.2) is 18.1 Å². The van der Waals surface area contributed by atoms with Gasteiger partial charge in [-0.05, 0) is 19.3 Å². The molecule has 0 aromatic rings. The fraction of sp³-hybridized carbons (Fsp3) is 1.00. The van der Waals surface area contributed by atoms with Crippen LogP contribution in [0.5, 0.6) is 0 Å². The zero-order valence-corrected chi connectivity index (χ0v) is 22.5. The molecular formula is C24H51O2PS2. The van der Waals surface area contributed by atoms with E-state index < -0.39 is 5.77 Å². The van der Waals surface area contributed by atoms with E-state index in [0.29, 0.717) is 6.61 Å². The zero-order valence-electron chi connectivity index (χ0n) is 19.9. The van der Waals surface area contributed by atoms with Gasteiger partial charge >= 0.3 is 5.77 Å². The molecule has 0 rings (SSSR count). The fourth-order valence-electron chi connectivity index (χ4n) is 3.29. The number of unbranched alkanes of at least 4 members (excludes halogenated alkanes) is 15. The van der Waals surface area contributed by atoms with Gasteiger partial charge in [0.15, 0.2) is 0 Å². The van der Waals surface area contributed by atoms with Crippen molar-refractivity contribution in [1.82, 2.24) is 0 Å². The van der Waals surface area contributed by atoms with Crippen molar-refractivity contribution in [2.24, 2.45) is 0 Å². The lowest BCUT2D eigenvalue weighted by Crippen LogP contribution is -1.93. The third kappa shape index (κ3) is 21.9. The van der Waals surface area contributed by atoms with Gasteiger partial charge in [-0.1, -0.05) is 140 Å². The molecule has 0 aliphatic heterocycles. The Bertz CT molecular complexity index is 314. The van der Waals surface area contributed by atoms with Crippen molar-refractivity contribution in [1.29, 1.82) is 0 Å². The molecule has 176 valence electrons. The summed E-state index contributed by atoms with van der Waals surface area (Å²) in [6.07, 6.45) is 23.0. The lowest BCUT2D eigenvalue weighted by molar-refractivity contribution is 0.321.